The van der Waals surface area contributed by atoms with E-state index in [0.717, 1.165) is 19.3 Å². The van der Waals surface area contributed by atoms with Crippen LogP contribution in [0.25, 0.3) is 0 Å². The van der Waals surface area contributed by atoms with Gasteiger partial charge in [-0.2, -0.15) is 0 Å². The number of phenolic OH excluding ortho intramolecular Hbond substituents is 2. The van der Waals surface area contributed by atoms with Crippen LogP contribution in [0.2, 0.25) is 0 Å². The number of phenols is 2. The van der Waals surface area contributed by atoms with Gasteiger partial charge < -0.3 is 10.2 Å². The lowest BCUT2D eigenvalue weighted by molar-refractivity contribution is 0.0975. The summed E-state index contributed by atoms with van der Waals surface area (Å²) >= 11 is 0. The summed E-state index contributed by atoms with van der Waals surface area (Å²) in [6.07, 6.45) is 15.6. The second-order valence-corrected chi connectivity index (χ2v) is 7.87. The second kappa shape index (κ2) is 13.6. The molecule has 0 bridgehead atoms. The summed E-state index contributed by atoms with van der Waals surface area (Å²) in [7, 11) is 0. The minimum atomic E-state index is -0.0397. The molecule has 3 nitrogen and oxygen atoms in total. The zero-order valence-electron chi connectivity index (χ0n) is 17.8. The Hall–Kier alpha value is -1.51. The van der Waals surface area contributed by atoms with E-state index < -0.39 is 0 Å². The van der Waals surface area contributed by atoms with Crippen molar-refractivity contribution in [1.29, 1.82) is 0 Å². The standard InChI is InChI=1S/C24H40O3/c1-4-6-7-8-9-10-11-12-13-14-15-17-21(25)23-20(16-5-2)24(27)19(3)18-22(23)26/h18,26-27H,4-17H2,1-3H3. The van der Waals surface area contributed by atoms with Gasteiger partial charge in [-0.25, -0.2) is 0 Å². The fraction of sp³-hybridized carbons (Fsp3) is 0.708. The zero-order chi connectivity index (χ0) is 20.1. The first-order chi connectivity index (χ1) is 13.0. The number of rotatable bonds is 15. The molecule has 2 N–H and O–H groups in total. The van der Waals surface area contributed by atoms with Crippen LogP contribution in [0.3, 0.4) is 0 Å². The first-order valence-electron chi connectivity index (χ1n) is 11.1. The molecule has 1 rings (SSSR count). The average molecular weight is 377 g/mol. The van der Waals surface area contributed by atoms with E-state index in [-0.39, 0.29) is 17.3 Å². The molecule has 0 fully saturated rings. The zero-order valence-corrected chi connectivity index (χ0v) is 17.8. The molecular formula is C24H40O3. The van der Waals surface area contributed by atoms with Crippen LogP contribution in [-0.4, -0.2) is 16.0 Å². The van der Waals surface area contributed by atoms with E-state index in [1.165, 1.54) is 63.9 Å². The SMILES string of the molecule is CCCCCCCCCCCCCC(=O)c1c(O)cc(C)c(O)c1CCC. The summed E-state index contributed by atoms with van der Waals surface area (Å²) in [5, 5.41) is 20.5. The van der Waals surface area contributed by atoms with E-state index in [2.05, 4.69) is 6.92 Å². The van der Waals surface area contributed by atoms with E-state index in [1.54, 1.807) is 6.92 Å². The van der Waals surface area contributed by atoms with Gasteiger partial charge in [-0.3, -0.25) is 4.79 Å². The summed E-state index contributed by atoms with van der Waals surface area (Å²) in [6.45, 7) is 6.02. The fourth-order valence-electron chi connectivity index (χ4n) is 3.74. The first-order valence-corrected chi connectivity index (χ1v) is 11.1. The van der Waals surface area contributed by atoms with Crippen LogP contribution in [0.5, 0.6) is 11.5 Å². The van der Waals surface area contributed by atoms with Gasteiger partial charge in [0.15, 0.2) is 5.78 Å². The second-order valence-electron chi connectivity index (χ2n) is 7.87. The molecular weight excluding hydrogens is 336 g/mol. The van der Waals surface area contributed by atoms with Crippen molar-refractivity contribution in [3.63, 3.8) is 0 Å². The summed E-state index contributed by atoms with van der Waals surface area (Å²) in [5.41, 5.74) is 1.58. The third-order valence-electron chi connectivity index (χ3n) is 5.36. The quantitative estimate of drug-likeness (QED) is 0.193. The Morgan fingerprint density at radius 1 is 0.815 bits per heavy atom. The van der Waals surface area contributed by atoms with E-state index in [9.17, 15) is 15.0 Å². The lowest BCUT2D eigenvalue weighted by Gasteiger charge is -2.14. The normalized spacial score (nSPS) is 11.1. The molecule has 0 unspecified atom stereocenters. The maximum Gasteiger partial charge on any atom is 0.167 e. The number of carbonyl (C=O) groups excluding carboxylic acids is 1. The lowest BCUT2D eigenvalue weighted by atomic mass is 9.93. The monoisotopic (exact) mass is 376 g/mol. The van der Waals surface area contributed by atoms with E-state index in [4.69, 9.17) is 0 Å². The van der Waals surface area contributed by atoms with E-state index in [0.29, 0.717) is 29.5 Å². The molecule has 0 aromatic heterocycles. The third-order valence-corrected chi connectivity index (χ3v) is 5.36. The summed E-state index contributed by atoms with van der Waals surface area (Å²) in [6, 6.07) is 1.50. The Labute approximate surface area is 166 Å². The van der Waals surface area contributed by atoms with Gasteiger partial charge in [0.25, 0.3) is 0 Å². The van der Waals surface area contributed by atoms with Gasteiger partial charge in [0.05, 0.1) is 5.56 Å². The average Bonchev–Trinajstić information content (AvgIpc) is 2.64. The first kappa shape index (κ1) is 23.5. The highest BCUT2D eigenvalue weighted by molar-refractivity contribution is 6.00. The molecule has 0 atom stereocenters. The molecule has 0 aliphatic rings. The van der Waals surface area contributed by atoms with Crippen molar-refractivity contribution in [2.75, 3.05) is 0 Å². The van der Waals surface area contributed by atoms with E-state index >= 15 is 0 Å². The molecule has 0 heterocycles. The topological polar surface area (TPSA) is 57.5 Å². The molecule has 154 valence electrons. The summed E-state index contributed by atoms with van der Waals surface area (Å²) in [4.78, 5) is 12.6. The van der Waals surface area contributed by atoms with Crippen molar-refractivity contribution >= 4 is 5.78 Å². The molecule has 1 aromatic carbocycles. The Morgan fingerprint density at radius 2 is 1.33 bits per heavy atom. The molecule has 0 spiro atoms. The van der Waals surface area contributed by atoms with Gasteiger partial charge in [0, 0.05) is 12.0 Å². The predicted octanol–water partition coefficient (Wildman–Crippen LogP) is 7.24. The van der Waals surface area contributed by atoms with Crippen LogP contribution in [-0.2, 0) is 6.42 Å². The highest BCUT2D eigenvalue weighted by Crippen LogP contribution is 2.34. The summed E-state index contributed by atoms with van der Waals surface area (Å²) in [5.74, 6) is 0.140. The lowest BCUT2D eigenvalue weighted by Crippen LogP contribution is -2.06. The number of ketones is 1. The minimum Gasteiger partial charge on any atom is -0.507 e. The van der Waals surface area contributed by atoms with Gasteiger partial charge in [-0.1, -0.05) is 84.5 Å². The third kappa shape index (κ3) is 8.36. The van der Waals surface area contributed by atoms with Crippen LogP contribution in [0, 0.1) is 6.92 Å². The molecule has 0 aliphatic heterocycles. The van der Waals surface area contributed by atoms with Gasteiger partial charge in [-0.05, 0) is 31.4 Å². The Morgan fingerprint density at radius 3 is 1.85 bits per heavy atom. The van der Waals surface area contributed by atoms with Crippen LogP contribution in [0.1, 0.15) is 119 Å². The minimum absolute atomic E-state index is 0.0156. The number of unbranched alkanes of at least 4 members (excludes halogenated alkanes) is 10. The Bertz CT molecular complexity index is 563. The van der Waals surface area contributed by atoms with Crippen molar-refractivity contribution in [2.24, 2.45) is 0 Å². The highest BCUT2D eigenvalue weighted by Gasteiger charge is 2.20. The number of hydrogen-bond donors (Lipinski definition) is 2. The molecule has 0 amide bonds. The van der Waals surface area contributed by atoms with Crippen molar-refractivity contribution < 1.29 is 15.0 Å². The summed E-state index contributed by atoms with van der Waals surface area (Å²) < 4.78 is 0. The van der Waals surface area contributed by atoms with Gasteiger partial charge in [0.2, 0.25) is 0 Å². The highest BCUT2D eigenvalue weighted by atomic mass is 16.3. The number of carbonyl (C=O) groups is 1. The Balaban J connectivity index is 2.32. The molecule has 0 radical (unpaired) electrons. The molecule has 0 saturated heterocycles. The Kier molecular flexibility index (Phi) is 11.9. The molecule has 3 heteroatoms. The molecule has 0 saturated carbocycles. The van der Waals surface area contributed by atoms with Crippen molar-refractivity contribution in [1.82, 2.24) is 0 Å². The molecule has 27 heavy (non-hydrogen) atoms. The predicted molar refractivity (Wildman–Crippen MR) is 114 cm³/mol. The van der Waals surface area contributed by atoms with Crippen LogP contribution in [0.4, 0.5) is 0 Å². The number of aryl methyl sites for hydroxylation is 1. The number of benzene rings is 1. The van der Waals surface area contributed by atoms with E-state index in [1.807, 2.05) is 6.92 Å². The number of aromatic hydroxyl groups is 2. The van der Waals surface area contributed by atoms with Crippen molar-refractivity contribution in [3.8, 4) is 11.5 Å². The molecule has 0 aliphatic carbocycles. The molecule has 1 aromatic rings. The van der Waals surface area contributed by atoms with Crippen LogP contribution in [0.15, 0.2) is 6.07 Å². The fourth-order valence-corrected chi connectivity index (χ4v) is 3.74. The van der Waals surface area contributed by atoms with Crippen molar-refractivity contribution in [2.45, 2.75) is 111 Å². The number of Topliss-reactive ketones (excluding diaryl/α,β-unsaturated/α-hetero) is 1. The number of hydrogen-bond acceptors (Lipinski definition) is 3. The van der Waals surface area contributed by atoms with Gasteiger partial charge >= 0.3 is 0 Å². The van der Waals surface area contributed by atoms with Crippen molar-refractivity contribution in [3.05, 3.63) is 22.8 Å². The smallest absolute Gasteiger partial charge is 0.167 e. The van der Waals surface area contributed by atoms with Gasteiger partial charge in [0.1, 0.15) is 11.5 Å². The van der Waals surface area contributed by atoms with Crippen LogP contribution < -0.4 is 0 Å². The maximum atomic E-state index is 12.6. The largest absolute Gasteiger partial charge is 0.507 e. The van der Waals surface area contributed by atoms with Gasteiger partial charge in [-0.15, -0.1) is 0 Å². The van der Waals surface area contributed by atoms with Crippen LogP contribution >= 0.6 is 0 Å². The maximum absolute atomic E-state index is 12.6.